The van der Waals surface area contributed by atoms with E-state index in [2.05, 4.69) is 23.7 Å². The molecule has 1 saturated carbocycles. The second-order valence-electron chi connectivity index (χ2n) is 8.17. The molecule has 156 valence electrons. The zero-order valence-corrected chi connectivity index (χ0v) is 18.1. The van der Waals surface area contributed by atoms with Crippen molar-refractivity contribution in [3.63, 3.8) is 0 Å². The quantitative estimate of drug-likeness (QED) is 0.758. The van der Waals surface area contributed by atoms with Crippen molar-refractivity contribution in [2.75, 3.05) is 18.9 Å². The normalized spacial score (nSPS) is 14.6. The van der Waals surface area contributed by atoms with Gasteiger partial charge < -0.3 is 14.8 Å². The molecular weight excluding hydrogens is 362 g/mol. The summed E-state index contributed by atoms with van der Waals surface area (Å²) in [6.45, 7) is 6.19. The number of aromatic nitrogens is 1. The van der Waals surface area contributed by atoms with E-state index in [9.17, 15) is 9.59 Å². The maximum atomic E-state index is 13.1. The van der Waals surface area contributed by atoms with Gasteiger partial charge in [0.15, 0.2) is 0 Å². The fourth-order valence-corrected chi connectivity index (χ4v) is 4.53. The summed E-state index contributed by atoms with van der Waals surface area (Å²) in [6, 6.07) is 10.2. The van der Waals surface area contributed by atoms with Crippen molar-refractivity contribution >= 4 is 17.5 Å². The summed E-state index contributed by atoms with van der Waals surface area (Å²) in [4.78, 5) is 27.1. The lowest BCUT2D eigenvalue weighted by Crippen LogP contribution is -2.35. The van der Waals surface area contributed by atoms with Gasteiger partial charge >= 0.3 is 0 Å². The van der Waals surface area contributed by atoms with Crippen molar-refractivity contribution in [1.82, 2.24) is 9.47 Å². The molecule has 2 aromatic rings. The third-order valence-electron chi connectivity index (χ3n) is 6.05. The van der Waals surface area contributed by atoms with Gasteiger partial charge in [-0.15, -0.1) is 0 Å². The minimum atomic E-state index is -0.178. The predicted octanol–water partition coefficient (Wildman–Crippen LogP) is 4.88. The number of hydrogen-bond acceptors (Lipinski definition) is 2. The fraction of sp³-hybridized carbons (Fsp3) is 0.500. The van der Waals surface area contributed by atoms with Crippen LogP contribution in [-0.2, 0) is 11.2 Å². The molecular formula is C24H33N3O2. The van der Waals surface area contributed by atoms with Crippen molar-refractivity contribution in [1.29, 1.82) is 0 Å². The van der Waals surface area contributed by atoms with Crippen molar-refractivity contribution < 1.29 is 9.59 Å². The second-order valence-corrected chi connectivity index (χ2v) is 8.17. The van der Waals surface area contributed by atoms with Gasteiger partial charge in [0.2, 0.25) is 5.91 Å². The van der Waals surface area contributed by atoms with Crippen molar-refractivity contribution in [2.24, 2.45) is 0 Å². The third kappa shape index (κ3) is 4.72. The van der Waals surface area contributed by atoms with Gasteiger partial charge in [0.1, 0.15) is 0 Å². The largest absolute Gasteiger partial charge is 0.345 e. The summed E-state index contributed by atoms with van der Waals surface area (Å²) in [5, 5.41) is 2.94. The first kappa shape index (κ1) is 21.2. The lowest BCUT2D eigenvalue weighted by atomic mass is 9.95. The van der Waals surface area contributed by atoms with Crippen LogP contribution in [0.4, 0.5) is 5.69 Å². The average molecular weight is 396 g/mol. The maximum Gasteiger partial charge on any atom is 0.255 e. The molecule has 0 aliphatic heterocycles. The van der Waals surface area contributed by atoms with Gasteiger partial charge in [-0.2, -0.15) is 0 Å². The third-order valence-corrected chi connectivity index (χ3v) is 6.05. The summed E-state index contributed by atoms with van der Waals surface area (Å²) in [6.07, 6.45) is 7.02. The number of benzene rings is 1. The van der Waals surface area contributed by atoms with Crippen LogP contribution in [-0.4, -0.2) is 34.9 Å². The molecule has 1 N–H and O–H groups in total. The van der Waals surface area contributed by atoms with Gasteiger partial charge in [-0.05, 0) is 50.8 Å². The molecule has 0 bridgehead atoms. The molecule has 29 heavy (non-hydrogen) atoms. The zero-order chi connectivity index (χ0) is 21.0. The first-order valence-electron chi connectivity index (χ1n) is 10.7. The van der Waals surface area contributed by atoms with E-state index in [1.807, 2.05) is 37.3 Å². The number of carbonyl (C=O) groups excluding carboxylic acids is 2. The zero-order valence-electron chi connectivity index (χ0n) is 18.1. The van der Waals surface area contributed by atoms with Crippen molar-refractivity contribution in [2.45, 2.75) is 65.3 Å². The molecule has 1 fully saturated rings. The number of para-hydroxylation sites is 1. The molecule has 2 amide bonds. The number of carbonyl (C=O) groups is 2. The van der Waals surface area contributed by atoms with Crippen LogP contribution < -0.4 is 5.32 Å². The topological polar surface area (TPSA) is 54.3 Å². The van der Waals surface area contributed by atoms with Gasteiger partial charge in [0.25, 0.3) is 5.91 Å². The Bertz CT molecular complexity index is 878. The molecule has 1 aromatic carbocycles. The van der Waals surface area contributed by atoms with Crippen LogP contribution in [0.3, 0.4) is 0 Å². The Kier molecular flexibility index (Phi) is 6.78. The van der Waals surface area contributed by atoms with Crippen LogP contribution in [0, 0.1) is 13.8 Å². The van der Waals surface area contributed by atoms with Gasteiger partial charge in [0, 0.05) is 30.2 Å². The first-order chi connectivity index (χ1) is 13.9. The van der Waals surface area contributed by atoms with Gasteiger partial charge in [0.05, 0.1) is 12.1 Å². The molecule has 0 saturated heterocycles. The average Bonchev–Trinajstić information content (AvgIpc) is 3.02. The Hall–Kier alpha value is -2.56. The first-order valence-corrected chi connectivity index (χ1v) is 10.7. The van der Waals surface area contributed by atoms with E-state index in [-0.39, 0.29) is 18.4 Å². The number of aryl methyl sites for hydroxylation is 2. The monoisotopic (exact) mass is 395 g/mol. The van der Waals surface area contributed by atoms with E-state index in [4.69, 9.17) is 0 Å². The highest BCUT2D eigenvalue weighted by Crippen LogP contribution is 2.32. The van der Waals surface area contributed by atoms with Crippen LogP contribution in [0.2, 0.25) is 0 Å². The molecule has 1 aliphatic rings. The van der Waals surface area contributed by atoms with Gasteiger partial charge in [-0.25, -0.2) is 0 Å². The smallest absolute Gasteiger partial charge is 0.255 e. The summed E-state index contributed by atoms with van der Waals surface area (Å²) in [5.41, 5.74) is 4.76. The van der Waals surface area contributed by atoms with E-state index in [0.717, 1.165) is 29.1 Å². The summed E-state index contributed by atoms with van der Waals surface area (Å²) >= 11 is 0. The molecule has 0 spiro atoms. The molecule has 5 nitrogen and oxygen atoms in total. The molecule has 0 atom stereocenters. The number of amides is 2. The van der Waals surface area contributed by atoms with Crippen LogP contribution in [0.1, 0.15) is 72.4 Å². The molecule has 0 radical (unpaired) electrons. The van der Waals surface area contributed by atoms with E-state index in [0.29, 0.717) is 11.6 Å². The van der Waals surface area contributed by atoms with Crippen LogP contribution in [0.25, 0.3) is 0 Å². The minimum Gasteiger partial charge on any atom is -0.345 e. The number of anilines is 1. The van der Waals surface area contributed by atoms with Crippen LogP contribution in [0.5, 0.6) is 0 Å². The van der Waals surface area contributed by atoms with Crippen LogP contribution >= 0.6 is 0 Å². The molecule has 0 unspecified atom stereocenters. The van der Waals surface area contributed by atoms with Gasteiger partial charge in [-0.1, -0.05) is 44.4 Å². The summed E-state index contributed by atoms with van der Waals surface area (Å²) in [7, 11) is 1.69. The summed E-state index contributed by atoms with van der Waals surface area (Å²) in [5.74, 6) is -0.276. The van der Waals surface area contributed by atoms with E-state index >= 15 is 0 Å². The van der Waals surface area contributed by atoms with E-state index in [1.165, 1.54) is 37.0 Å². The molecule has 5 heteroatoms. The molecule has 1 aromatic heterocycles. The number of hydrogen-bond donors (Lipinski definition) is 1. The Labute approximate surface area is 174 Å². The molecule has 1 heterocycles. The highest BCUT2D eigenvalue weighted by molar-refractivity contribution is 6.00. The SMILES string of the molecule is CCc1ccccc1NC(=O)CN(C)C(=O)c1cc(C)n(C2CCCCC2)c1C. The maximum absolute atomic E-state index is 13.1. The molecule has 3 rings (SSSR count). The number of rotatable bonds is 6. The lowest BCUT2D eigenvalue weighted by Gasteiger charge is -2.26. The van der Waals surface area contributed by atoms with E-state index < -0.39 is 0 Å². The van der Waals surface area contributed by atoms with Crippen molar-refractivity contribution in [3.8, 4) is 0 Å². The Morgan fingerprint density at radius 1 is 1.14 bits per heavy atom. The minimum absolute atomic E-state index is 0.0317. The predicted molar refractivity (Wildman–Crippen MR) is 117 cm³/mol. The standard InChI is InChI=1S/C24H33N3O2/c1-5-19-11-9-10-14-22(19)25-23(28)16-26(4)24(29)21-15-17(2)27(18(21)3)20-12-7-6-8-13-20/h9-11,14-15,20H,5-8,12-13,16H2,1-4H3,(H,25,28). The number of nitrogens with zero attached hydrogens (tertiary/aromatic N) is 2. The Balaban J connectivity index is 1.69. The number of likely N-dealkylation sites (N-methyl/N-ethyl adjacent to an activating group) is 1. The Morgan fingerprint density at radius 3 is 2.52 bits per heavy atom. The second kappa shape index (κ2) is 9.29. The fourth-order valence-electron chi connectivity index (χ4n) is 4.53. The van der Waals surface area contributed by atoms with Crippen molar-refractivity contribution in [3.05, 3.63) is 52.8 Å². The lowest BCUT2D eigenvalue weighted by molar-refractivity contribution is -0.116. The number of nitrogens with one attached hydrogen (secondary N) is 1. The highest BCUT2D eigenvalue weighted by atomic mass is 16.2. The van der Waals surface area contributed by atoms with E-state index in [1.54, 1.807) is 7.05 Å². The Morgan fingerprint density at radius 2 is 1.83 bits per heavy atom. The molecule has 1 aliphatic carbocycles. The van der Waals surface area contributed by atoms with Gasteiger partial charge in [-0.3, -0.25) is 9.59 Å². The van der Waals surface area contributed by atoms with Crippen LogP contribution in [0.15, 0.2) is 30.3 Å². The highest BCUT2D eigenvalue weighted by Gasteiger charge is 2.24. The summed E-state index contributed by atoms with van der Waals surface area (Å²) < 4.78 is 2.33.